The van der Waals surface area contributed by atoms with Gasteiger partial charge in [0.15, 0.2) is 24.6 Å². The number of hydrogen-bond donors (Lipinski definition) is 0. The van der Waals surface area contributed by atoms with Crippen molar-refractivity contribution >= 4 is 29.8 Å². The minimum Gasteiger partial charge on any atom is -0.461 e. The molecule has 314 valence electrons. The van der Waals surface area contributed by atoms with E-state index in [2.05, 4.69) is 12.7 Å². The summed E-state index contributed by atoms with van der Waals surface area (Å²) in [6.07, 6.45) is -3.59. The first-order chi connectivity index (χ1) is 26.1. The molecule has 0 radical (unpaired) electrons. The Morgan fingerprint density at radius 1 is 0.857 bits per heavy atom. The van der Waals surface area contributed by atoms with Crippen molar-refractivity contribution in [1.82, 2.24) is 0 Å². The number of ether oxygens (including phenoxy) is 9. The molecule has 3 aliphatic carbocycles. The van der Waals surface area contributed by atoms with Gasteiger partial charge in [-0.2, -0.15) is 0 Å². The van der Waals surface area contributed by atoms with Gasteiger partial charge in [0.2, 0.25) is 0 Å². The van der Waals surface area contributed by atoms with Crippen LogP contribution in [0.5, 0.6) is 0 Å². The molecule has 4 aliphatic rings. The molecular weight excluding hydrogens is 728 g/mol. The monoisotopic (exact) mass is 790 g/mol. The van der Waals surface area contributed by atoms with Gasteiger partial charge in [0.1, 0.15) is 24.4 Å². The molecule has 0 aromatic rings. The van der Waals surface area contributed by atoms with Crippen molar-refractivity contribution in [3.05, 3.63) is 35.5 Å². The van der Waals surface area contributed by atoms with Gasteiger partial charge in [0, 0.05) is 65.4 Å². The second kappa shape index (κ2) is 18.3. The summed E-state index contributed by atoms with van der Waals surface area (Å²) in [4.78, 5) is 63.9. The molecule has 0 aromatic heterocycles. The number of carbonyl (C=O) groups is 5. The van der Waals surface area contributed by atoms with Gasteiger partial charge in [-0.1, -0.05) is 44.1 Å². The van der Waals surface area contributed by atoms with Crippen LogP contribution in [-0.2, 0) is 66.6 Å². The molecule has 0 aromatic carbocycles. The van der Waals surface area contributed by atoms with E-state index in [0.29, 0.717) is 13.0 Å². The molecule has 14 nitrogen and oxygen atoms in total. The molecule has 56 heavy (non-hydrogen) atoms. The van der Waals surface area contributed by atoms with Crippen molar-refractivity contribution in [3.8, 4) is 0 Å². The average molecular weight is 791 g/mol. The van der Waals surface area contributed by atoms with E-state index < -0.39 is 89.9 Å². The minimum atomic E-state index is -1.49. The predicted molar refractivity (Wildman–Crippen MR) is 201 cm³/mol. The smallest absolute Gasteiger partial charge is 0.303 e. The number of rotatable bonds is 14. The zero-order chi connectivity index (χ0) is 41.9. The van der Waals surface area contributed by atoms with E-state index in [-0.39, 0.29) is 30.3 Å². The Morgan fingerprint density at radius 2 is 1.41 bits per heavy atom. The number of hydrogen-bond acceptors (Lipinski definition) is 14. The molecule has 0 amide bonds. The molecule has 12 atom stereocenters. The summed E-state index contributed by atoms with van der Waals surface area (Å²) in [5.74, 6) is -3.54. The summed E-state index contributed by atoms with van der Waals surface area (Å²) >= 11 is 0. The van der Waals surface area contributed by atoms with Crippen molar-refractivity contribution in [2.45, 2.75) is 150 Å². The highest BCUT2D eigenvalue weighted by molar-refractivity contribution is 5.69. The van der Waals surface area contributed by atoms with Gasteiger partial charge < -0.3 is 42.6 Å². The van der Waals surface area contributed by atoms with Crippen molar-refractivity contribution in [2.75, 3.05) is 20.3 Å². The number of methoxy groups -OCH3 is 1. The van der Waals surface area contributed by atoms with E-state index in [4.69, 9.17) is 42.6 Å². The van der Waals surface area contributed by atoms with E-state index >= 15 is 0 Å². The van der Waals surface area contributed by atoms with Crippen LogP contribution in [-0.4, -0.2) is 105 Å². The molecule has 1 heterocycles. The summed E-state index contributed by atoms with van der Waals surface area (Å²) in [5, 5.41) is 0. The SMILES string of the molecule is C=CC(C)(C)OCC1OC(OC2C3=C(C(C)C)CC(OC(C)=O)C3(C)C=C3C(COC)CCC3C(C)C2OC(C)=O)C(OC(C)=O)C(OC(C)=O)C1OC(C)=O. The Labute approximate surface area is 330 Å². The summed E-state index contributed by atoms with van der Waals surface area (Å²) < 4.78 is 55.3. The minimum absolute atomic E-state index is 0.0639. The van der Waals surface area contributed by atoms with Crippen LogP contribution in [0.1, 0.15) is 95.4 Å². The molecular formula is C42H62O14. The summed E-state index contributed by atoms with van der Waals surface area (Å²) in [6.45, 7) is 22.1. The maximum atomic E-state index is 13.1. The van der Waals surface area contributed by atoms with Crippen LogP contribution < -0.4 is 0 Å². The van der Waals surface area contributed by atoms with Crippen LogP contribution in [0.4, 0.5) is 0 Å². The van der Waals surface area contributed by atoms with Crippen LogP contribution >= 0.6 is 0 Å². The first kappa shape index (κ1) is 45.1. The average Bonchev–Trinajstić information content (AvgIpc) is 3.59. The lowest BCUT2D eigenvalue weighted by molar-refractivity contribution is -0.323. The van der Waals surface area contributed by atoms with E-state index in [9.17, 15) is 24.0 Å². The molecule has 1 saturated carbocycles. The van der Waals surface area contributed by atoms with Crippen LogP contribution in [0.25, 0.3) is 0 Å². The zero-order valence-electron chi connectivity index (χ0n) is 35.0. The molecule has 4 rings (SSSR count). The van der Waals surface area contributed by atoms with Gasteiger partial charge >= 0.3 is 29.8 Å². The molecule has 12 unspecified atom stereocenters. The standard InChI is InChI=1S/C42H62O14/c1-14-41(10,11)49-20-32-36(52-25(7)45)38(53-26(8)46)39(54-27(9)47)40(55-32)56-37-34-30(21(2)3)17-33(50-23(5)43)42(34,12)18-31-28(19-48-13)15-16-29(31)22(4)35(37)51-24(6)44/h14,18,21-22,28-29,32-33,35-40H,1,15-17,19-20H2,2-13H3. The van der Waals surface area contributed by atoms with Crippen molar-refractivity contribution in [1.29, 1.82) is 0 Å². The third kappa shape index (κ3) is 10.1. The van der Waals surface area contributed by atoms with Crippen LogP contribution in [0.2, 0.25) is 0 Å². The number of esters is 5. The summed E-state index contributed by atoms with van der Waals surface area (Å²) in [7, 11) is 1.67. The number of carbonyl (C=O) groups excluding carboxylic acids is 5. The van der Waals surface area contributed by atoms with Gasteiger partial charge in [-0.25, -0.2) is 0 Å². The Kier molecular flexibility index (Phi) is 14.8. The van der Waals surface area contributed by atoms with Crippen molar-refractivity contribution in [2.24, 2.45) is 29.1 Å². The molecule has 1 aliphatic heterocycles. The van der Waals surface area contributed by atoms with E-state index in [1.54, 1.807) is 27.0 Å². The normalized spacial score (nSPS) is 34.3. The van der Waals surface area contributed by atoms with Crippen LogP contribution in [0.3, 0.4) is 0 Å². The lowest BCUT2D eigenvalue weighted by atomic mass is 9.67. The van der Waals surface area contributed by atoms with Gasteiger partial charge in [0.25, 0.3) is 0 Å². The van der Waals surface area contributed by atoms with Gasteiger partial charge in [-0.05, 0) is 51.0 Å². The molecule has 0 bridgehead atoms. The van der Waals surface area contributed by atoms with Gasteiger partial charge in [-0.15, -0.1) is 6.58 Å². The topological polar surface area (TPSA) is 168 Å². The van der Waals surface area contributed by atoms with Crippen LogP contribution in [0, 0.1) is 29.1 Å². The van der Waals surface area contributed by atoms with E-state index in [1.807, 2.05) is 27.7 Å². The Hall–Kier alpha value is -3.59. The quantitative estimate of drug-likeness (QED) is 0.125. The lowest BCUT2D eigenvalue weighted by Crippen LogP contribution is -2.64. The van der Waals surface area contributed by atoms with E-state index in [0.717, 1.165) is 29.6 Å². The summed E-state index contributed by atoms with van der Waals surface area (Å²) in [6, 6.07) is 0. The fourth-order valence-corrected chi connectivity index (χ4v) is 8.92. The molecule has 0 spiro atoms. The van der Waals surface area contributed by atoms with E-state index in [1.165, 1.54) is 34.6 Å². The predicted octanol–water partition coefficient (Wildman–Crippen LogP) is 5.35. The second-order valence-electron chi connectivity index (χ2n) is 16.5. The number of fused-ring (bicyclic) bond motifs is 2. The first-order valence-corrected chi connectivity index (χ1v) is 19.5. The van der Waals surface area contributed by atoms with Crippen molar-refractivity contribution in [3.63, 3.8) is 0 Å². The Morgan fingerprint density at radius 3 is 1.95 bits per heavy atom. The first-order valence-electron chi connectivity index (χ1n) is 19.5. The highest BCUT2D eigenvalue weighted by Gasteiger charge is 2.59. The molecule has 1 saturated heterocycles. The van der Waals surface area contributed by atoms with Crippen molar-refractivity contribution < 1.29 is 66.6 Å². The maximum absolute atomic E-state index is 13.1. The molecule has 2 fully saturated rings. The molecule has 14 heteroatoms. The maximum Gasteiger partial charge on any atom is 0.303 e. The third-order valence-electron chi connectivity index (χ3n) is 11.5. The highest BCUT2D eigenvalue weighted by Crippen LogP contribution is 2.57. The fraction of sp³-hybridized carbons (Fsp3) is 0.738. The van der Waals surface area contributed by atoms with Crippen LogP contribution in [0.15, 0.2) is 35.5 Å². The van der Waals surface area contributed by atoms with Gasteiger partial charge in [-0.3, -0.25) is 24.0 Å². The largest absolute Gasteiger partial charge is 0.461 e. The third-order valence-corrected chi connectivity index (χ3v) is 11.5. The Balaban J connectivity index is 2.00. The second-order valence-corrected chi connectivity index (χ2v) is 16.5. The fourth-order valence-electron chi connectivity index (χ4n) is 8.92. The Bertz CT molecular complexity index is 1560. The lowest BCUT2D eigenvalue weighted by Gasteiger charge is -2.48. The molecule has 0 N–H and O–H groups in total. The highest BCUT2D eigenvalue weighted by atomic mass is 16.7. The van der Waals surface area contributed by atoms with Gasteiger partial charge in [0.05, 0.1) is 18.8 Å². The zero-order valence-corrected chi connectivity index (χ0v) is 35.0. The summed E-state index contributed by atoms with van der Waals surface area (Å²) in [5.41, 5.74) is 1.01.